The lowest BCUT2D eigenvalue weighted by molar-refractivity contribution is -0.137. The fourth-order valence-electron chi connectivity index (χ4n) is 3.49. The van der Waals surface area contributed by atoms with E-state index in [1.165, 1.54) is 17.9 Å². The number of hydrogen-bond donors (Lipinski definition) is 2. The predicted octanol–water partition coefficient (Wildman–Crippen LogP) is 3.94. The number of halogens is 3. The van der Waals surface area contributed by atoms with Crippen LogP contribution in [0.3, 0.4) is 0 Å². The summed E-state index contributed by atoms with van der Waals surface area (Å²) in [5, 5.41) is 0. The molecule has 6 nitrogen and oxygen atoms in total. The lowest BCUT2D eigenvalue weighted by Gasteiger charge is -2.20. The topological polar surface area (TPSA) is 78.5 Å². The summed E-state index contributed by atoms with van der Waals surface area (Å²) in [6.45, 7) is 5.17. The third-order valence-corrected chi connectivity index (χ3v) is 4.75. The van der Waals surface area contributed by atoms with Gasteiger partial charge in [-0.3, -0.25) is 19.9 Å². The number of hydrogen-bond acceptors (Lipinski definition) is 4. The largest absolute Gasteiger partial charge is 0.416 e. The normalized spacial score (nSPS) is 14.9. The number of allylic oxidation sites excluding steroid dienone is 1. The molecular formula is C22H20F3N3O3. The van der Waals surface area contributed by atoms with Gasteiger partial charge in [0.15, 0.2) is 0 Å². The van der Waals surface area contributed by atoms with Crippen LogP contribution in [0, 0.1) is 13.8 Å². The van der Waals surface area contributed by atoms with Gasteiger partial charge in [-0.1, -0.05) is 12.1 Å². The van der Waals surface area contributed by atoms with Crippen LogP contribution >= 0.6 is 0 Å². The molecule has 2 aromatic carbocycles. The van der Waals surface area contributed by atoms with Gasteiger partial charge < -0.3 is 10.2 Å². The van der Waals surface area contributed by atoms with Crippen molar-refractivity contribution >= 4 is 35.0 Å². The van der Waals surface area contributed by atoms with E-state index in [0.29, 0.717) is 17.5 Å². The number of rotatable bonds is 5. The van der Waals surface area contributed by atoms with Crippen molar-refractivity contribution in [1.29, 1.82) is 0 Å². The molecule has 0 atom stereocenters. The first-order valence-corrected chi connectivity index (χ1v) is 9.36. The summed E-state index contributed by atoms with van der Waals surface area (Å²) in [7, 11) is 0. The van der Waals surface area contributed by atoms with Crippen LogP contribution in [-0.4, -0.2) is 18.1 Å². The number of nitrogens with one attached hydrogen (secondary N) is 2. The Morgan fingerprint density at radius 3 is 2.29 bits per heavy atom. The van der Waals surface area contributed by atoms with Gasteiger partial charge >= 0.3 is 6.18 Å². The zero-order chi connectivity index (χ0) is 22.9. The van der Waals surface area contributed by atoms with Crippen LogP contribution in [0.25, 0.3) is 5.57 Å². The first-order chi connectivity index (χ1) is 14.5. The molecule has 162 valence electrons. The molecule has 0 unspecified atom stereocenters. The quantitative estimate of drug-likeness (QED) is 0.325. The Morgan fingerprint density at radius 2 is 1.71 bits per heavy atom. The highest BCUT2D eigenvalue weighted by molar-refractivity contribution is 6.35. The number of alkyl halides is 3. The number of carbonyl (C=O) groups excluding carboxylic acids is 3. The number of benzene rings is 2. The molecule has 0 aromatic heterocycles. The number of fused-ring (bicyclic) bond motifs is 1. The van der Waals surface area contributed by atoms with E-state index in [4.69, 9.17) is 0 Å². The summed E-state index contributed by atoms with van der Waals surface area (Å²) in [6, 6.07) is 8.42. The highest BCUT2D eigenvalue weighted by Crippen LogP contribution is 2.45. The third kappa shape index (κ3) is 4.45. The van der Waals surface area contributed by atoms with E-state index in [-0.39, 0.29) is 23.4 Å². The van der Waals surface area contributed by atoms with E-state index in [1.807, 2.05) is 19.9 Å². The second kappa shape index (κ2) is 8.25. The van der Waals surface area contributed by atoms with Crippen molar-refractivity contribution in [3.63, 3.8) is 0 Å². The van der Waals surface area contributed by atoms with Crippen molar-refractivity contribution in [3.05, 3.63) is 64.3 Å². The highest BCUT2D eigenvalue weighted by Gasteiger charge is 2.39. The average molecular weight is 431 g/mol. The molecule has 0 spiro atoms. The van der Waals surface area contributed by atoms with Gasteiger partial charge in [0, 0.05) is 16.9 Å². The smallest absolute Gasteiger partial charge is 0.303 e. The van der Waals surface area contributed by atoms with Gasteiger partial charge in [-0.2, -0.15) is 13.2 Å². The zero-order valence-electron chi connectivity index (χ0n) is 17.1. The van der Waals surface area contributed by atoms with E-state index in [9.17, 15) is 27.6 Å². The summed E-state index contributed by atoms with van der Waals surface area (Å²) in [5.41, 5.74) is 6.88. The Kier molecular flexibility index (Phi) is 5.88. The maximum atomic E-state index is 13.3. The van der Waals surface area contributed by atoms with E-state index in [0.717, 1.165) is 23.3 Å². The van der Waals surface area contributed by atoms with E-state index in [1.54, 1.807) is 12.1 Å². The first-order valence-electron chi connectivity index (χ1n) is 9.36. The summed E-state index contributed by atoms with van der Waals surface area (Å²) in [4.78, 5) is 36.6. The molecule has 0 saturated carbocycles. The molecule has 1 heterocycles. The zero-order valence-corrected chi connectivity index (χ0v) is 17.1. The SMILES string of the molecule is C/C(NNC(=O)CC=O)=C1/C(=O)N(c2cc(C)cc(C)c2)c2cc(C(F)(F)F)ccc21. The monoisotopic (exact) mass is 431 g/mol. The Bertz CT molecular complexity index is 1090. The van der Waals surface area contributed by atoms with Crippen LogP contribution in [0.2, 0.25) is 0 Å². The fourth-order valence-corrected chi connectivity index (χ4v) is 3.49. The van der Waals surface area contributed by atoms with E-state index >= 15 is 0 Å². The molecule has 1 aliphatic rings. The van der Waals surface area contributed by atoms with Gasteiger partial charge in [0.25, 0.3) is 5.91 Å². The Morgan fingerprint density at radius 1 is 1.06 bits per heavy atom. The number of aldehydes is 1. The van der Waals surface area contributed by atoms with Gasteiger partial charge in [0.1, 0.15) is 6.29 Å². The Balaban J connectivity index is 2.14. The van der Waals surface area contributed by atoms with Crippen LogP contribution in [0.4, 0.5) is 24.5 Å². The molecule has 2 amide bonds. The standard InChI is InChI=1S/C22H20F3N3O3/c1-12-8-13(2)10-16(9-12)28-18-11-15(22(23,24)25)4-5-17(18)20(21(28)31)14(3)26-27-19(30)6-7-29/h4-5,7-11,26H,6H2,1-3H3,(H,27,30)/b20-14-. The molecule has 0 saturated heterocycles. The first kappa shape index (κ1) is 22.1. The van der Waals surface area contributed by atoms with Crippen molar-refractivity contribution in [3.8, 4) is 0 Å². The van der Waals surface area contributed by atoms with Gasteiger partial charge in [-0.15, -0.1) is 0 Å². The van der Waals surface area contributed by atoms with Crippen LogP contribution in [-0.2, 0) is 20.6 Å². The van der Waals surface area contributed by atoms with Gasteiger partial charge in [0.2, 0.25) is 5.91 Å². The second-order valence-electron chi connectivity index (χ2n) is 7.26. The minimum atomic E-state index is -4.57. The fraction of sp³-hybridized carbons (Fsp3) is 0.227. The average Bonchev–Trinajstić information content (AvgIpc) is 2.96. The van der Waals surface area contributed by atoms with Crippen molar-refractivity contribution in [1.82, 2.24) is 10.9 Å². The molecule has 2 N–H and O–H groups in total. The number of anilines is 2. The molecule has 2 aromatic rings. The summed E-state index contributed by atoms with van der Waals surface area (Å²) < 4.78 is 40.0. The van der Waals surface area contributed by atoms with Crippen molar-refractivity contribution in [2.75, 3.05) is 4.90 Å². The van der Waals surface area contributed by atoms with Crippen molar-refractivity contribution in [2.45, 2.75) is 33.4 Å². The van der Waals surface area contributed by atoms with Crippen molar-refractivity contribution in [2.24, 2.45) is 0 Å². The molecule has 31 heavy (non-hydrogen) atoms. The number of nitrogens with zero attached hydrogens (tertiary/aromatic N) is 1. The van der Waals surface area contributed by atoms with E-state index < -0.39 is 23.6 Å². The number of hydrazine groups is 1. The molecule has 0 fully saturated rings. The molecule has 0 radical (unpaired) electrons. The van der Waals surface area contributed by atoms with Crippen LogP contribution in [0.15, 0.2) is 42.1 Å². The molecule has 1 aliphatic heterocycles. The number of carbonyl (C=O) groups is 3. The van der Waals surface area contributed by atoms with Crippen molar-refractivity contribution < 1.29 is 27.6 Å². The summed E-state index contributed by atoms with van der Waals surface area (Å²) in [5.74, 6) is -1.15. The Hall–Kier alpha value is -3.62. The summed E-state index contributed by atoms with van der Waals surface area (Å²) in [6.07, 6.45) is -4.52. The molecule has 3 rings (SSSR count). The van der Waals surface area contributed by atoms with Gasteiger partial charge in [-0.05, 0) is 56.2 Å². The molecule has 9 heteroatoms. The van der Waals surface area contributed by atoms with Crippen LogP contribution in [0.1, 0.15) is 35.6 Å². The van der Waals surface area contributed by atoms with Gasteiger partial charge in [0.05, 0.1) is 23.2 Å². The maximum Gasteiger partial charge on any atom is 0.416 e. The number of aryl methyl sites for hydroxylation is 2. The highest BCUT2D eigenvalue weighted by atomic mass is 19.4. The molecule has 0 aliphatic carbocycles. The van der Waals surface area contributed by atoms with Gasteiger partial charge in [-0.25, -0.2) is 0 Å². The van der Waals surface area contributed by atoms with E-state index in [2.05, 4.69) is 10.9 Å². The van der Waals surface area contributed by atoms with Crippen LogP contribution in [0.5, 0.6) is 0 Å². The second-order valence-corrected chi connectivity index (χ2v) is 7.26. The molecular weight excluding hydrogens is 411 g/mol. The minimum Gasteiger partial charge on any atom is -0.303 e. The predicted molar refractivity (Wildman–Crippen MR) is 109 cm³/mol. The molecule has 0 bridgehead atoms. The third-order valence-electron chi connectivity index (χ3n) is 4.75. The lowest BCUT2D eigenvalue weighted by Crippen LogP contribution is -2.37. The maximum absolute atomic E-state index is 13.3. The Labute approximate surface area is 176 Å². The summed E-state index contributed by atoms with van der Waals surface area (Å²) >= 11 is 0. The lowest BCUT2D eigenvalue weighted by atomic mass is 10.0. The van der Waals surface area contributed by atoms with Crippen LogP contribution < -0.4 is 15.8 Å². The number of amides is 2. The minimum absolute atomic E-state index is 0.0974.